The van der Waals surface area contributed by atoms with Crippen molar-refractivity contribution < 1.29 is 9.84 Å². The zero-order chi connectivity index (χ0) is 12.8. The topological polar surface area (TPSA) is 70.5 Å². The van der Waals surface area contributed by atoms with E-state index in [0.29, 0.717) is 19.0 Å². The molecule has 2 N–H and O–H groups in total. The van der Waals surface area contributed by atoms with E-state index in [4.69, 9.17) is 4.74 Å². The van der Waals surface area contributed by atoms with Crippen LogP contribution in [-0.4, -0.2) is 48.9 Å². The van der Waals surface area contributed by atoms with Crippen molar-refractivity contribution in [3.05, 3.63) is 11.9 Å². The Balaban J connectivity index is 2.93. The molecule has 1 aromatic rings. The first-order chi connectivity index (χ1) is 8.06. The number of nitrogens with zero attached hydrogens (tertiary/aromatic N) is 3. The summed E-state index contributed by atoms with van der Waals surface area (Å²) in [6.45, 7) is 2.63. The normalized spacial score (nSPS) is 12.3. The van der Waals surface area contributed by atoms with Crippen molar-refractivity contribution in [3.63, 3.8) is 0 Å². The first-order valence-electron chi connectivity index (χ1n) is 5.50. The number of aliphatic hydroxyl groups excluding tert-OH is 1. The molecule has 1 rings (SSSR count). The van der Waals surface area contributed by atoms with Crippen LogP contribution in [0.2, 0.25) is 0 Å². The number of likely N-dealkylation sites (N-methyl/N-ethyl adjacent to an activating group) is 1. The van der Waals surface area contributed by atoms with E-state index in [0.717, 1.165) is 11.6 Å². The lowest BCUT2D eigenvalue weighted by Gasteiger charge is -2.20. The van der Waals surface area contributed by atoms with Crippen molar-refractivity contribution in [2.24, 2.45) is 0 Å². The second-order valence-electron chi connectivity index (χ2n) is 3.94. The minimum atomic E-state index is -0.404. The molecule has 0 fully saturated rings. The molecule has 0 aliphatic carbocycles. The molecule has 1 atom stereocenters. The zero-order valence-electron chi connectivity index (χ0n) is 10.8. The van der Waals surface area contributed by atoms with Crippen molar-refractivity contribution in [2.75, 3.05) is 38.0 Å². The predicted molar refractivity (Wildman–Crippen MR) is 67.2 cm³/mol. The van der Waals surface area contributed by atoms with E-state index in [1.54, 1.807) is 21.1 Å². The average Bonchev–Trinajstić information content (AvgIpc) is 2.28. The van der Waals surface area contributed by atoms with Crippen LogP contribution in [0.25, 0.3) is 0 Å². The molecule has 0 radical (unpaired) electrons. The summed E-state index contributed by atoms with van der Waals surface area (Å²) in [6, 6.07) is 1.83. The molecule has 0 spiro atoms. The van der Waals surface area contributed by atoms with Crippen molar-refractivity contribution in [2.45, 2.75) is 19.6 Å². The monoisotopic (exact) mass is 240 g/mol. The molecule has 1 aromatic heterocycles. The largest absolute Gasteiger partial charge is 0.392 e. The average molecular weight is 240 g/mol. The van der Waals surface area contributed by atoms with Gasteiger partial charge < -0.3 is 20.1 Å². The first kappa shape index (κ1) is 13.7. The Labute approximate surface area is 102 Å². The summed E-state index contributed by atoms with van der Waals surface area (Å²) in [6.07, 6.45) is -0.404. The van der Waals surface area contributed by atoms with Gasteiger partial charge in [-0.3, -0.25) is 0 Å². The fourth-order valence-electron chi connectivity index (χ4n) is 1.49. The number of aromatic nitrogens is 2. The third kappa shape index (κ3) is 4.16. The van der Waals surface area contributed by atoms with E-state index in [1.165, 1.54) is 0 Å². The van der Waals surface area contributed by atoms with Crippen molar-refractivity contribution in [1.29, 1.82) is 0 Å². The summed E-state index contributed by atoms with van der Waals surface area (Å²) in [7, 11) is 5.29. The van der Waals surface area contributed by atoms with Gasteiger partial charge in [0.2, 0.25) is 0 Å². The maximum Gasteiger partial charge on any atom is 0.158 e. The minimum absolute atomic E-state index is 0.366. The molecule has 0 saturated heterocycles. The number of methoxy groups -OCH3 is 1. The molecule has 0 aliphatic heterocycles. The predicted octanol–water partition coefficient (Wildman–Crippen LogP) is 0.482. The van der Waals surface area contributed by atoms with E-state index in [2.05, 4.69) is 15.3 Å². The Morgan fingerprint density at radius 3 is 2.76 bits per heavy atom. The minimum Gasteiger partial charge on any atom is -0.392 e. The van der Waals surface area contributed by atoms with Gasteiger partial charge in [-0.1, -0.05) is 0 Å². The number of anilines is 2. The van der Waals surface area contributed by atoms with Crippen molar-refractivity contribution >= 4 is 11.6 Å². The Morgan fingerprint density at radius 1 is 1.53 bits per heavy atom. The van der Waals surface area contributed by atoms with Gasteiger partial charge in [0.25, 0.3) is 0 Å². The van der Waals surface area contributed by atoms with E-state index >= 15 is 0 Å². The Kier molecular flexibility index (Phi) is 5.11. The lowest BCUT2D eigenvalue weighted by molar-refractivity contribution is 0.178. The lowest BCUT2D eigenvalue weighted by Crippen LogP contribution is -2.28. The van der Waals surface area contributed by atoms with Crippen LogP contribution in [0.1, 0.15) is 12.7 Å². The van der Waals surface area contributed by atoms with Crippen LogP contribution in [0.5, 0.6) is 0 Å². The van der Waals surface area contributed by atoms with Crippen LogP contribution in [0.4, 0.5) is 11.6 Å². The van der Waals surface area contributed by atoms with E-state index in [-0.39, 0.29) is 0 Å². The number of ether oxygens (including phenoxy) is 1. The number of aliphatic hydroxyl groups is 1. The van der Waals surface area contributed by atoms with Gasteiger partial charge in [-0.15, -0.1) is 0 Å². The molecule has 17 heavy (non-hydrogen) atoms. The van der Waals surface area contributed by atoms with Crippen LogP contribution in [0, 0.1) is 0 Å². The fraction of sp³-hybridized carbons (Fsp3) is 0.636. The molecular weight excluding hydrogens is 220 g/mol. The Bertz CT molecular complexity index is 357. The second kappa shape index (κ2) is 6.36. The molecule has 6 nitrogen and oxygen atoms in total. The third-order valence-electron chi connectivity index (χ3n) is 2.22. The first-order valence-corrected chi connectivity index (χ1v) is 5.50. The van der Waals surface area contributed by atoms with Crippen LogP contribution in [-0.2, 0) is 11.3 Å². The molecule has 6 heteroatoms. The van der Waals surface area contributed by atoms with Crippen molar-refractivity contribution in [1.82, 2.24) is 9.97 Å². The van der Waals surface area contributed by atoms with Gasteiger partial charge in [0.1, 0.15) is 18.2 Å². The van der Waals surface area contributed by atoms with Crippen LogP contribution < -0.4 is 10.2 Å². The molecule has 0 saturated carbocycles. The van der Waals surface area contributed by atoms with Crippen molar-refractivity contribution in [3.8, 4) is 0 Å². The summed E-state index contributed by atoms with van der Waals surface area (Å²) in [5.74, 6) is 2.11. The maximum absolute atomic E-state index is 9.36. The Morgan fingerprint density at radius 2 is 2.24 bits per heavy atom. The maximum atomic E-state index is 9.36. The van der Waals surface area contributed by atoms with Crippen LogP contribution in [0.3, 0.4) is 0 Å². The molecule has 0 aromatic carbocycles. The summed E-state index contributed by atoms with van der Waals surface area (Å²) >= 11 is 0. The highest BCUT2D eigenvalue weighted by Gasteiger charge is 2.09. The van der Waals surface area contributed by atoms with Crippen LogP contribution in [0.15, 0.2) is 6.07 Å². The SMILES string of the molecule is CNc1cc(N(C)CC(C)O)nc(COC)n1. The highest BCUT2D eigenvalue weighted by molar-refractivity contribution is 5.48. The summed E-state index contributed by atoms with van der Waals surface area (Å²) in [5.41, 5.74) is 0. The lowest BCUT2D eigenvalue weighted by atomic mass is 10.3. The number of nitrogens with one attached hydrogen (secondary N) is 1. The molecule has 0 amide bonds. The molecule has 96 valence electrons. The van der Waals surface area contributed by atoms with Gasteiger partial charge in [0.05, 0.1) is 6.10 Å². The number of hydrogen-bond acceptors (Lipinski definition) is 6. The molecular formula is C11H20N4O2. The zero-order valence-corrected chi connectivity index (χ0v) is 10.8. The summed E-state index contributed by atoms with van der Waals surface area (Å²) in [4.78, 5) is 10.5. The van der Waals surface area contributed by atoms with Crippen LogP contribution >= 0.6 is 0 Å². The third-order valence-corrected chi connectivity index (χ3v) is 2.22. The van der Waals surface area contributed by atoms with Gasteiger partial charge in [0.15, 0.2) is 5.82 Å². The van der Waals surface area contributed by atoms with Gasteiger partial charge in [0, 0.05) is 33.8 Å². The standard InChI is InChI=1S/C11H20N4O2/c1-8(16)6-15(3)11-5-9(12-2)13-10(14-11)7-17-4/h5,8,16H,6-7H2,1-4H3,(H,12,13,14). The molecule has 0 bridgehead atoms. The molecule has 0 aliphatic rings. The van der Waals surface area contributed by atoms with Gasteiger partial charge >= 0.3 is 0 Å². The smallest absolute Gasteiger partial charge is 0.158 e. The molecule has 1 unspecified atom stereocenters. The van der Waals surface area contributed by atoms with E-state index < -0.39 is 6.10 Å². The van der Waals surface area contributed by atoms with Gasteiger partial charge in [-0.25, -0.2) is 9.97 Å². The van der Waals surface area contributed by atoms with Gasteiger partial charge in [-0.2, -0.15) is 0 Å². The summed E-state index contributed by atoms with van der Waals surface area (Å²) < 4.78 is 5.02. The van der Waals surface area contributed by atoms with E-state index in [9.17, 15) is 5.11 Å². The Hall–Kier alpha value is -1.40. The van der Waals surface area contributed by atoms with Gasteiger partial charge in [-0.05, 0) is 6.92 Å². The summed E-state index contributed by atoms with van der Waals surface area (Å²) in [5, 5.41) is 12.3. The van der Waals surface area contributed by atoms with E-state index in [1.807, 2.05) is 18.0 Å². The highest BCUT2D eigenvalue weighted by atomic mass is 16.5. The molecule has 1 heterocycles. The highest BCUT2D eigenvalue weighted by Crippen LogP contribution is 2.15. The second-order valence-corrected chi connectivity index (χ2v) is 3.94. The fourth-order valence-corrected chi connectivity index (χ4v) is 1.49. The quantitative estimate of drug-likeness (QED) is 0.753. The number of rotatable bonds is 6. The number of hydrogen-bond donors (Lipinski definition) is 2.